The maximum atomic E-state index is 11.9. The lowest BCUT2D eigenvalue weighted by atomic mass is 10.2. The third-order valence-corrected chi connectivity index (χ3v) is 3.30. The molecule has 0 bridgehead atoms. The Balaban J connectivity index is 1.61. The van der Waals surface area contributed by atoms with Crippen LogP contribution < -0.4 is 9.88 Å². The van der Waals surface area contributed by atoms with Gasteiger partial charge in [-0.3, -0.25) is 4.79 Å². The van der Waals surface area contributed by atoms with E-state index in [1.165, 1.54) is 0 Å². The number of piperazine rings is 1. The van der Waals surface area contributed by atoms with Crippen LogP contribution in [-0.2, 0) is 11.3 Å². The molecule has 1 N–H and O–H groups in total. The summed E-state index contributed by atoms with van der Waals surface area (Å²) < 4.78 is 2.16. The van der Waals surface area contributed by atoms with Gasteiger partial charge in [-0.05, 0) is 6.42 Å². The molecule has 0 atom stereocenters. The van der Waals surface area contributed by atoms with Gasteiger partial charge in [-0.2, -0.15) is 0 Å². The molecule has 98 valence electrons. The van der Waals surface area contributed by atoms with Crippen LogP contribution in [0.3, 0.4) is 0 Å². The first-order valence-electron chi connectivity index (χ1n) is 6.79. The number of carbonyl (C=O) groups excluding carboxylic acids is 1. The average Bonchev–Trinajstić information content (AvgIpc) is 2.45. The van der Waals surface area contributed by atoms with Crippen LogP contribution in [0.2, 0.25) is 0 Å². The van der Waals surface area contributed by atoms with Gasteiger partial charge in [0.2, 0.25) is 5.91 Å². The highest BCUT2D eigenvalue weighted by Gasteiger charge is 2.15. The van der Waals surface area contributed by atoms with E-state index in [0.29, 0.717) is 12.3 Å². The summed E-state index contributed by atoms with van der Waals surface area (Å²) in [5.41, 5.74) is 0. The minimum Gasteiger partial charge on any atom is -0.340 e. The lowest BCUT2D eigenvalue weighted by molar-refractivity contribution is -0.697. The Labute approximate surface area is 109 Å². The number of aromatic nitrogens is 1. The van der Waals surface area contributed by atoms with Crippen LogP contribution in [0, 0.1) is 0 Å². The van der Waals surface area contributed by atoms with Crippen molar-refractivity contribution in [3.8, 4) is 0 Å². The fourth-order valence-corrected chi connectivity index (χ4v) is 2.23. The van der Waals surface area contributed by atoms with Crippen molar-refractivity contribution in [2.75, 3.05) is 26.2 Å². The lowest BCUT2D eigenvalue weighted by Crippen LogP contribution is -2.46. The zero-order chi connectivity index (χ0) is 12.6. The third-order valence-electron chi connectivity index (χ3n) is 3.30. The summed E-state index contributed by atoms with van der Waals surface area (Å²) in [7, 11) is 0. The number of unbranched alkanes of at least 4 members (excludes halogenated alkanes) is 1. The van der Waals surface area contributed by atoms with Gasteiger partial charge in [0.1, 0.15) is 6.54 Å². The Morgan fingerprint density at radius 1 is 1.11 bits per heavy atom. The number of nitrogens with zero attached hydrogens (tertiary/aromatic N) is 2. The van der Waals surface area contributed by atoms with Crippen LogP contribution in [0.1, 0.15) is 19.3 Å². The summed E-state index contributed by atoms with van der Waals surface area (Å²) >= 11 is 0. The van der Waals surface area contributed by atoms with Crippen molar-refractivity contribution in [3.63, 3.8) is 0 Å². The highest BCUT2D eigenvalue weighted by molar-refractivity contribution is 5.76. The monoisotopic (exact) mass is 248 g/mol. The van der Waals surface area contributed by atoms with E-state index < -0.39 is 0 Å². The Bertz CT molecular complexity index is 361. The SMILES string of the molecule is O=C(CCCC[n+]1ccccc1)N1CCNCC1. The molecule has 0 unspecified atom stereocenters. The minimum atomic E-state index is 0.314. The van der Waals surface area contributed by atoms with Crippen LogP contribution in [0.4, 0.5) is 0 Å². The Morgan fingerprint density at radius 2 is 1.83 bits per heavy atom. The quantitative estimate of drug-likeness (QED) is 0.611. The predicted octanol–water partition coefficient (Wildman–Crippen LogP) is 0.576. The van der Waals surface area contributed by atoms with E-state index in [0.717, 1.165) is 45.6 Å². The van der Waals surface area contributed by atoms with Gasteiger partial charge in [0.25, 0.3) is 0 Å². The molecule has 0 aromatic carbocycles. The summed E-state index contributed by atoms with van der Waals surface area (Å²) in [5, 5.41) is 3.26. The third kappa shape index (κ3) is 4.11. The number of pyridine rings is 1. The standard InChI is InChI=1S/C14H22N3O/c18-14(17-12-7-15-8-13-17)6-2-5-11-16-9-3-1-4-10-16/h1,3-4,9-10,15H,2,5-8,11-13H2/q+1. The molecular weight excluding hydrogens is 226 g/mol. The molecule has 18 heavy (non-hydrogen) atoms. The highest BCUT2D eigenvalue weighted by Crippen LogP contribution is 2.02. The van der Waals surface area contributed by atoms with Crippen LogP contribution in [0.15, 0.2) is 30.6 Å². The topological polar surface area (TPSA) is 36.2 Å². The zero-order valence-electron chi connectivity index (χ0n) is 10.8. The van der Waals surface area contributed by atoms with Gasteiger partial charge in [0.15, 0.2) is 12.4 Å². The molecule has 1 aliphatic heterocycles. The number of nitrogens with one attached hydrogen (secondary N) is 1. The number of hydrogen-bond donors (Lipinski definition) is 1. The van der Waals surface area contributed by atoms with Gasteiger partial charge >= 0.3 is 0 Å². The smallest absolute Gasteiger partial charge is 0.222 e. The molecule has 1 aromatic heterocycles. The molecule has 1 aromatic rings. The summed E-state index contributed by atoms with van der Waals surface area (Å²) in [6, 6.07) is 6.09. The number of amides is 1. The molecule has 0 saturated carbocycles. The van der Waals surface area contributed by atoms with Crippen LogP contribution in [-0.4, -0.2) is 37.0 Å². The second kappa shape index (κ2) is 7.11. The van der Waals surface area contributed by atoms with E-state index >= 15 is 0 Å². The molecule has 0 radical (unpaired) electrons. The molecule has 1 saturated heterocycles. The maximum absolute atomic E-state index is 11.9. The van der Waals surface area contributed by atoms with E-state index in [1.807, 2.05) is 23.1 Å². The highest BCUT2D eigenvalue weighted by atomic mass is 16.2. The minimum absolute atomic E-state index is 0.314. The average molecular weight is 248 g/mol. The molecule has 2 heterocycles. The van der Waals surface area contributed by atoms with E-state index in [4.69, 9.17) is 0 Å². The molecule has 1 amide bonds. The number of hydrogen-bond acceptors (Lipinski definition) is 2. The van der Waals surface area contributed by atoms with Gasteiger partial charge in [0.05, 0.1) is 0 Å². The molecular formula is C14H22N3O+. The first kappa shape index (κ1) is 13.0. The molecule has 1 aliphatic rings. The lowest BCUT2D eigenvalue weighted by Gasteiger charge is -2.27. The van der Waals surface area contributed by atoms with E-state index in [1.54, 1.807) is 0 Å². The normalized spacial score (nSPS) is 15.7. The predicted molar refractivity (Wildman–Crippen MR) is 69.9 cm³/mol. The van der Waals surface area contributed by atoms with E-state index in [9.17, 15) is 4.79 Å². The number of aryl methyl sites for hydroxylation is 1. The second-order valence-corrected chi connectivity index (χ2v) is 4.70. The molecule has 2 rings (SSSR count). The summed E-state index contributed by atoms with van der Waals surface area (Å²) in [4.78, 5) is 13.9. The molecule has 4 heteroatoms. The van der Waals surface area contributed by atoms with Crippen molar-refractivity contribution < 1.29 is 9.36 Å². The zero-order valence-corrected chi connectivity index (χ0v) is 10.8. The van der Waals surface area contributed by atoms with Gasteiger partial charge in [-0.25, -0.2) is 4.57 Å². The van der Waals surface area contributed by atoms with Gasteiger partial charge < -0.3 is 10.2 Å². The van der Waals surface area contributed by atoms with Crippen molar-refractivity contribution in [1.82, 2.24) is 10.2 Å². The van der Waals surface area contributed by atoms with Gasteiger partial charge in [-0.1, -0.05) is 6.07 Å². The van der Waals surface area contributed by atoms with Gasteiger partial charge in [0, 0.05) is 51.2 Å². The first-order valence-corrected chi connectivity index (χ1v) is 6.79. The van der Waals surface area contributed by atoms with Crippen LogP contribution in [0.5, 0.6) is 0 Å². The fourth-order valence-electron chi connectivity index (χ4n) is 2.23. The Morgan fingerprint density at radius 3 is 2.56 bits per heavy atom. The number of rotatable bonds is 5. The van der Waals surface area contributed by atoms with Crippen molar-refractivity contribution in [3.05, 3.63) is 30.6 Å². The van der Waals surface area contributed by atoms with Crippen molar-refractivity contribution in [1.29, 1.82) is 0 Å². The summed E-state index contributed by atoms with van der Waals surface area (Å²) in [6.45, 7) is 4.60. The molecule has 0 spiro atoms. The summed E-state index contributed by atoms with van der Waals surface area (Å²) in [5.74, 6) is 0.314. The van der Waals surface area contributed by atoms with Crippen LogP contribution in [0.25, 0.3) is 0 Å². The summed E-state index contributed by atoms with van der Waals surface area (Å²) in [6.07, 6.45) is 6.86. The molecule has 1 fully saturated rings. The van der Waals surface area contributed by atoms with Crippen molar-refractivity contribution in [2.24, 2.45) is 0 Å². The van der Waals surface area contributed by atoms with E-state index in [2.05, 4.69) is 22.3 Å². The second-order valence-electron chi connectivity index (χ2n) is 4.70. The molecule has 0 aliphatic carbocycles. The Kier molecular flexibility index (Phi) is 5.15. The maximum Gasteiger partial charge on any atom is 0.222 e. The first-order chi connectivity index (χ1) is 8.86. The van der Waals surface area contributed by atoms with Crippen molar-refractivity contribution >= 4 is 5.91 Å². The van der Waals surface area contributed by atoms with Crippen molar-refractivity contribution in [2.45, 2.75) is 25.8 Å². The number of carbonyl (C=O) groups is 1. The Hall–Kier alpha value is -1.42. The van der Waals surface area contributed by atoms with E-state index in [-0.39, 0.29) is 0 Å². The van der Waals surface area contributed by atoms with Crippen LogP contribution >= 0.6 is 0 Å². The fraction of sp³-hybridized carbons (Fsp3) is 0.571. The van der Waals surface area contributed by atoms with Gasteiger partial charge in [-0.15, -0.1) is 0 Å². The largest absolute Gasteiger partial charge is 0.340 e. The molecule has 4 nitrogen and oxygen atoms in total.